The van der Waals surface area contributed by atoms with Gasteiger partial charge in [-0.05, 0) is 39.3 Å². The Morgan fingerprint density at radius 2 is 2.08 bits per heavy atom. The van der Waals surface area contributed by atoms with Crippen LogP contribution in [0.4, 0.5) is 10.6 Å². The zero-order chi connectivity index (χ0) is 18.2. The highest BCUT2D eigenvalue weighted by molar-refractivity contribution is 5.97. The van der Waals surface area contributed by atoms with Crippen LogP contribution in [-0.2, 0) is 17.7 Å². The van der Waals surface area contributed by atoms with E-state index in [1.165, 1.54) is 10.9 Å². The first kappa shape index (κ1) is 16.9. The molecule has 132 valence electrons. The fourth-order valence-corrected chi connectivity index (χ4v) is 2.67. The molecular weight excluding hydrogens is 322 g/mol. The molecule has 25 heavy (non-hydrogen) atoms. The maximum Gasteiger partial charge on any atom is 0.410 e. The number of nitrogen functional groups attached to an aromatic ring is 1. The average molecular weight is 343 g/mol. The van der Waals surface area contributed by atoms with Crippen LogP contribution in [-0.4, -0.2) is 43.8 Å². The second kappa shape index (κ2) is 6.19. The van der Waals surface area contributed by atoms with Gasteiger partial charge >= 0.3 is 6.09 Å². The minimum absolute atomic E-state index is 0.266. The summed E-state index contributed by atoms with van der Waals surface area (Å²) >= 11 is 0. The number of nitrogens with two attached hydrogens (primary N) is 1. The summed E-state index contributed by atoms with van der Waals surface area (Å²) in [7, 11) is 0. The summed E-state index contributed by atoms with van der Waals surface area (Å²) in [6.07, 6.45) is 3.19. The SMILES string of the molecule is CC(C)(C)OC(=O)N1CCc2c(nn(C(=O)c3cccnc3)c2N)C1. The van der Waals surface area contributed by atoms with Crippen LogP contribution >= 0.6 is 0 Å². The Hall–Kier alpha value is -2.90. The molecule has 1 amide bonds. The summed E-state index contributed by atoms with van der Waals surface area (Å²) in [4.78, 5) is 30.3. The van der Waals surface area contributed by atoms with Crippen molar-refractivity contribution in [2.24, 2.45) is 0 Å². The Morgan fingerprint density at radius 1 is 1.32 bits per heavy atom. The molecule has 3 heterocycles. The second-order valence-electron chi connectivity index (χ2n) is 6.92. The Kier molecular flexibility index (Phi) is 4.20. The van der Waals surface area contributed by atoms with Gasteiger partial charge in [-0.25, -0.2) is 4.79 Å². The van der Waals surface area contributed by atoms with Gasteiger partial charge in [-0.2, -0.15) is 9.78 Å². The van der Waals surface area contributed by atoms with Gasteiger partial charge in [0, 0.05) is 24.5 Å². The molecule has 8 heteroatoms. The van der Waals surface area contributed by atoms with Crippen molar-refractivity contribution >= 4 is 17.8 Å². The van der Waals surface area contributed by atoms with Crippen molar-refractivity contribution in [3.05, 3.63) is 41.3 Å². The first-order chi connectivity index (χ1) is 11.8. The first-order valence-electron chi connectivity index (χ1n) is 8.05. The van der Waals surface area contributed by atoms with Crippen LogP contribution in [0.15, 0.2) is 24.5 Å². The van der Waals surface area contributed by atoms with Gasteiger partial charge in [0.05, 0.1) is 17.8 Å². The minimum atomic E-state index is -0.563. The number of hydrogen-bond donors (Lipinski definition) is 1. The molecule has 0 spiro atoms. The highest BCUT2D eigenvalue weighted by Gasteiger charge is 2.30. The summed E-state index contributed by atoms with van der Waals surface area (Å²) in [6.45, 7) is 6.19. The summed E-state index contributed by atoms with van der Waals surface area (Å²) < 4.78 is 6.57. The summed E-state index contributed by atoms with van der Waals surface area (Å²) in [5.74, 6) is -0.0310. The van der Waals surface area contributed by atoms with E-state index in [9.17, 15) is 9.59 Å². The lowest BCUT2D eigenvalue weighted by molar-refractivity contribution is 0.0221. The van der Waals surface area contributed by atoms with E-state index in [1.54, 1.807) is 23.2 Å². The molecule has 8 nitrogen and oxygen atoms in total. The Balaban J connectivity index is 1.83. The molecule has 2 N–H and O–H groups in total. The average Bonchev–Trinajstić information content (AvgIpc) is 2.90. The third kappa shape index (κ3) is 3.47. The van der Waals surface area contributed by atoms with Crippen molar-refractivity contribution in [3.8, 4) is 0 Å². The van der Waals surface area contributed by atoms with Crippen LogP contribution < -0.4 is 5.73 Å². The fraction of sp³-hybridized carbons (Fsp3) is 0.412. The largest absolute Gasteiger partial charge is 0.444 e. The van der Waals surface area contributed by atoms with Crippen molar-refractivity contribution in [3.63, 3.8) is 0 Å². The van der Waals surface area contributed by atoms with Gasteiger partial charge in [0.15, 0.2) is 0 Å². The lowest BCUT2D eigenvalue weighted by Gasteiger charge is -2.29. The summed E-state index contributed by atoms with van der Waals surface area (Å²) in [5, 5.41) is 4.32. The molecule has 2 aromatic heterocycles. The number of rotatable bonds is 1. The second-order valence-corrected chi connectivity index (χ2v) is 6.92. The van der Waals surface area contributed by atoms with Crippen LogP contribution in [0, 0.1) is 0 Å². The molecule has 0 saturated carbocycles. The molecule has 0 atom stereocenters. The van der Waals surface area contributed by atoms with Crippen molar-refractivity contribution < 1.29 is 14.3 Å². The maximum absolute atomic E-state index is 12.6. The molecule has 1 aliphatic rings. The fourth-order valence-electron chi connectivity index (χ4n) is 2.67. The first-order valence-corrected chi connectivity index (χ1v) is 8.05. The van der Waals surface area contributed by atoms with Crippen LogP contribution in [0.3, 0.4) is 0 Å². The topological polar surface area (TPSA) is 103 Å². The number of carbonyl (C=O) groups is 2. The van der Waals surface area contributed by atoms with Gasteiger partial charge < -0.3 is 15.4 Å². The maximum atomic E-state index is 12.6. The monoisotopic (exact) mass is 343 g/mol. The third-order valence-corrected chi connectivity index (χ3v) is 3.83. The van der Waals surface area contributed by atoms with E-state index in [4.69, 9.17) is 10.5 Å². The van der Waals surface area contributed by atoms with E-state index in [2.05, 4.69) is 10.1 Å². The number of anilines is 1. The zero-order valence-corrected chi connectivity index (χ0v) is 14.5. The van der Waals surface area contributed by atoms with Gasteiger partial charge in [-0.1, -0.05) is 0 Å². The lowest BCUT2D eigenvalue weighted by atomic mass is 10.1. The van der Waals surface area contributed by atoms with E-state index in [0.29, 0.717) is 30.0 Å². The molecule has 0 aromatic carbocycles. The normalized spacial score (nSPS) is 14.1. The predicted octanol–water partition coefficient (Wildman–Crippen LogP) is 1.84. The molecular formula is C17H21N5O3. The summed E-state index contributed by atoms with van der Waals surface area (Å²) in [5.41, 5.74) is 7.37. The number of amides is 1. The molecule has 0 fully saturated rings. The van der Waals surface area contributed by atoms with Crippen molar-refractivity contribution in [2.75, 3.05) is 12.3 Å². The molecule has 0 radical (unpaired) electrons. The number of hydrogen-bond acceptors (Lipinski definition) is 6. The highest BCUT2D eigenvalue weighted by atomic mass is 16.6. The lowest BCUT2D eigenvalue weighted by Crippen LogP contribution is -2.39. The molecule has 0 bridgehead atoms. The quantitative estimate of drug-likeness (QED) is 0.847. The standard InChI is InChI=1S/C17H21N5O3/c1-17(2,3)25-16(24)21-8-6-12-13(10-21)20-22(14(12)18)15(23)11-5-4-7-19-9-11/h4-5,7,9H,6,8,10,18H2,1-3H3. The van der Waals surface area contributed by atoms with E-state index in [0.717, 1.165) is 5.56 Å². The van der Waals surface area contributed by atoms with Gasteiger partial charge in [0.2, 0.25) is 0 Å². The molecule has 3 rings (SSSR count). The van der Waals surface area contributed by atoms with Gasteiger partial charge in [-0.3, -0.25) is 9.78 Å². The summed E-state index contributed by atoms with van der Waals surface area (Å²) in [6, 6.07) is 3.33. The van der Waals surface area contributed by atoms with Crippen LogP contribution in [0.2, 0.25) is 0 Å². The number of ether oxygens (including phenoxy) is 1. The van der Waals surface area contributed by atoms with Gasteiger partial charge in [0.25, 0.3) is 5.91 Å². The Bertz CT molecular complexity index is 808. The van der Waals surface area contributed by atoms with Crippen molar-refractivity contribution in [1.29, 1.82) is 0 Å². The third-order valence-electron chi connectivity index (χ3n) is 3.83. The highest BCUT2D eigenvalue weighted by Crippen LogP contribution is 2.25. The van der Waals surface area contributed by atoms with E-state index in [-0.39, 0.29) is 12.5 Å². The number of fused-ring (bicyclic) bond motifs is 1. The van der Waals surface area contributed by atoms with E-state index >= 15 is 0 Å². The van der Waals surface area contributed by atoms with Crippen LogP contribution in [0.1, 0.15) is 42.4 Å². The number of carbonyl (C=O) groups excluding carboxylic acids is 2. The number of aromatic nitrogens is 3. The molecule has 2 aromatic rings. The molecule has 1 aliphatic heterocycles. The van der Waals surface area contributed by atoms with E-state index in [1.807, 2.05) is 20.8 Å². The zero-order valence-electron chi connectivity index (χ0n) is 14.5. The predicted molar refractivity (Wildman–Crippen MR) is 91.0 cm³/mol. The minimum Gasteiger partial charge on any atom is -0.444 e. The van der Waals surface area contributed by atoms with Crippen molar-refractivity contribution in [2.45, 2.75) is 39.3 Å². The number of pyridine rings is 1. The van der Waals surface area contributed by atoms with Crippen LogP contribution in [0.25, 0.3) is 0 Å². The van der Waals surface area contributed by atoms with Crippen LogP contribution in [0.5, 0.6) is 0 Å². The number of nitrogens with zero attached hydrogens (tertiary/aromatic N) is 4. The molecule has 0 unspecified atom stereocenters. The van der Waals surface area contributed by atoms with E-state index < -0.39 is 11.7 Å². The Morgan fingerprint density at radius 3 is 2.72 bits per heavy atom. The Labute approximate surface area is 145 Å². The van der Waals surface area contributed by atoms with Gasteiger partial charge in [-0.15, -0.1) is 0 Å². The molecule has 0 saturated heterocycles. The van der Waals surface area contributed by atoms with Crippen molar-refractivity contribution in [1.82, 2.24) is 19.7 Å². The van der Waals surface area contributed by atoms with Gasteiger partial charge in [0.1, 0.15) is 11.4 Å². The molecule has 0 aliphatic carbocycles. The smallest absolute Gasteiger partial charge is 0.410 e.